The maximum Gasteiger partial charge on any atom is 0.451 e. The van der Waals surface area contributed by atoms with E-state index in [1.54, 1.807) is 12.1 Å². The number of rotatable bonds is 3. The quantitative estimate of drug-likeness (QED) is 0.910. The van der Waals surface area contributed by atoms with Crippen molar-refractivity contribution in [3.05, 3.63) is 35.7 Å². The predicted molar refractivity (Wildman–Crippen MR) is 72.5 cm³/mol. The average Bonchev–Trinajstić information content (AvgIpc) is 2.37. The van der Waals surface area contributed by atoms with Crippen molar-refractivity contribution >= 4 is 17.3 Å². The van der Waals surface area contributed by atoms with Crippen LogP contribution in [0.5, 0.6) is 5.75 Å². The van der Waals surface area contributed by atoms with Crippen molar-refractivity contribution in [1.29, 1.82) is 0 Å². The van der Waals surface area contributed by atoms with Gasteiger partial charge in [-0.3, -0.25) is 0 Å². The Labute approximate surface area is 119 Å². The topological polar surface area (TPSA) is 73.1 Å². The van der Waals surface area contributed by atoms with Crippen LogP contribution >= 0.6 is 0 Å². The third-order valence-corrected chi connectivity index (χ3v) is 2.62. The van der Waals surface area contributed by atoms with Crippen molar-refractivity contribution in [3.63, 3.8) is 0 Å². The number of anilines is 3. The lowest BCUT2D eigenvalue weighted by Gasteiger charge is -2.13. The summed E-state index contributed by atoms with van der Waals surface area (Å²) < 4.78 is 43.1. The van der Waals surface area contributed by atoms with E-state index in [2.05, 4.69) is 15.3 Å². The number of alkyl halides is 3. The highest BCUT2D eigenvalue weighted by Crippen LogP contribution is 2.31. The zero-order valence-electron chi connectivity index (χ0n) is 11.3. The van der Waals surface area contributed by atoms with Gasteiger partial charge in [-0.1, -0.05) is 6.07 Å². The largest absolute Gasteiger partial charge is 0.495 e. The van der Waals surface area contributed by atoms with Crippen LogP contribution in [0.2, 0.25) is 0 Å². The molecular weight excluding hydrogens is 285 g/mol. The third-order valence-electron chi connectivity index (χ3n) is 2.62. The molecule has 0 bridgehead atoms. The monoisotopic (exact) mass is 298 g/mol. The van der Waals surface area contributed by atoms with Crippen LogP contribution in [0, 0.1) is 6.92 Å². The van der Waals surface area contributed by atoms with Gasteiger partial charge in [-0.2, -0.15) is 13.2 Å². The van der Waals surface area contributed by atoms with E-state index < -0.39 is 12.0 Å². The molecule has 0 aliphatic rings. The molecule has 0 unspecified atom stereocenters. The van der Waals surface area contributed by atoms with Crippen molar-refractivity contribution in [2.45, 2.75) is 13.1 Å². The minimum absolute atomic E-state index is 0.0567. The molecule has 1 heterocycles. The van der Waals surface area contributed by atoms with E-state index in [4.69, 9.17) is 10.5 Å². The van der Waals surface area contributed by atoms with Crippen molar-refractivity contribution in [2.75, 3.05) is 18.2 Å². The first-order valence-corrected chi connectivity index (χ1v) is 5.93. The molecule has 0 radical (unpaired) electrons. The fourth-order valence-corrected chi connectivity index (χ4v) is 1.71. The van der Waals surface area contributed by atoms with E-state index in [1.165, 1.54) is 13.2 Å². The molecule has 8 heteroatoms. The number of halogens is 3. The number of aromatic nitrogens is 2. The van der Waals surface area contributed by atoms with Crippen molar-refractivity contribution < 1.29 is 17.9 Å². The van der Waals surface area contributed by atoms with E-state index in [9.17, 15) is 13.2 Å². The van der Waals surface area contributed by atoms with Crippen LogP contribution in [0.4, 0.5) is 30.5 Å². The molecule has 0 aliphatic heterocycles. The molecule has 0 spiro atoms. The van der Waals surface area contributed by atoms with Gasteiger partial charge in [-0.05, 0) is 24.6 Å². The van der Waals surface area contributed by atoms with Crippen LogP contribution in [0.25, 0.3) is 0 Å². The molecule has 1 aromatic heterocycles. The molecule has 0 aliphatic carbocycles. The summed E-state index contributed by atoms with van der Waals surface area (Å²) in [5.41, 5.74) is 6.79. The molecule has 1 aromatic carbocycles. The standard InChI is InChI=1S/C13H13F3N4O/c1-7-3-4-9(21-2)8(5-7)18-11-6-10(17)19-12(20-11)13(14,15)16/h3-6H,1-2H3,(H3,17,18,19,20). The van der Waals surface area contributed by atoms with Crippen LogP contribution in [0.15, 0.2) is 24.3 Å². The van der Waals surface area contributed by atoms with Crippen LogP contribution < -0.4 is 15.8 Å². The highest BCUT2D eigenvalue weighted by Gasteiger charge is 2.35. The SMILES string of the molecule is COc1ccc(C)cc1Nc1cc(N)nc(C(F)(F)F)n1. The molecule has 5 nitrogen and oxygen atoms in total. The minimum Gasteiger partial charge on any atom is -0.495 e. The summed E-state index contributed by atoms with van der Waals surface area (Å²) in [6.45, 7) is 1.85. The Morgan fingerprint density at radius 1 is 1.19 bits per heavy atom. The molecule has 0 saturated heterocycles. The number of benzene rings is 1. The van der Waals surface area contributed by atoms with Gasteiger partial charge in [0.05, 0.1) is 12.8 Å². The lowest BCUT2D eigenvalue weighted by Crippen LogP contribution is -2.13. The number of nitrogens with one attached hydrogen (secondary N) is 1. The number of hydrogen-bond donors (Lipinski definition) is 2. The Kier molecular flexibility index (Phi) is 3.88. The summed E-state index contributed by atoms with van der Waals surface area (Å²) in [5.74, 6) is -1.15. The van der Waals surface area contributed by atoms with Crippen molar-refractivity contribution in [2.24, 2.45) is 0 Å². The predicted octanol–water partition coefficient (Wildman–Crippen LogP) is 3.14. The molecule has 0 amide bonds. The first kappa shape index (κ1) is 14.9. The maximum atomic E-state index is 12.7. The normalized spacial score (nSPS) is 11.3. The first-order valence-electron chi connectivity index (χ1n) is 5.93. The summed E-state index contributed by atoms with van der Waals surface area (Å²) in [4.78, 5) is 6.60. The highest BCUT2D eigenvalue weighted by molar-refractivity contribution is 5.66. The highest BCUT2D eigenvalue weighted by atomic mass is 19.4. The Morgan fingerprint density at radius 2 is 1.90 bits per heavy atom. The molecule has 21 heavy (non-hydrogen) atoms. The van der Waals surface area contributed by atoms with Gasteiger partial charge in [0.2, 0.25) is 5.82 Å². The molecule has 112 valence electrons. The second-order valence-corrected chi connectivity index (χ2v) is 4.33. The van der Waals surface area contributed by atoms with Gasteiger partial charge in [-0.15, -0.1) is 0 Å². The minimum atomic E-state index is -4.66. The summed E-state index contributed by atoms with van der Waals surface area (Å²) in [7, 11) is 1.46. The van der Waals surface area contributed by atoms with Crippen LogP contribution in [0.3, 0.4) is 0 Å². The van der Waals surface area contributed by atoms with Gasteiger partial charge in [0.1, 0.15) is 17.4 Å². The number of methoxy groups -OCH3 is 1. The maximum absolute atomic E-state index is 12.7. The van der Waals surface area contributed by atoms with Crippen LogP contribution in [-0.4, -0.2) is 17.1 Å². The van der Waals surface area contributed by atoms with Crippen molar-refractivity contribution in [1.82, 2.24) is 9.97 Å². The van der Waals surface area contributed by atoms with E-state index in [1.807, 2.05) is 13.0 Å². The van der Waals surface area contributed by atoms with Crippen molar-refractivity contribution in [3.8, 4) is 5.75 Å². The zero-order chi connectivity index (χ0) is 15.6. The van der Waals surface area contributed by atoms with E-state index in [0.29, 0.717) is 11.4 Å². The number of hydrogen-bond acceptors (Lipinski definition) is 5. The summed E-state index contributed by atoms with van der Waals surface area (Å²) in [6.07, 6.45) is -4.66. The van der Waals surface area contributed by atoms with Gasteiger partial charge in [-0.25, -0.2) is 9.97 Å². The van der Waals surface area contributed by atoms with Gasteiger partial charge >= 0.3 is 6.18 Å². The molecule has 0 atom stereocenters. The van der Waals surface area contributed by atoms with E-state index in [-0.39, 0.29) is 11.6 Å². The van der Waals surface area contributed by atoms with Gasteiger partial charge in [0.15, 0.2) is 0 Å². The Bertz CT molecular complexity index is 658. The van der Waals surface area contributed by atoms with Crippen LogP contribution in [-0.2, 0) is 6.18 Å². The fourth-order valence-electron chi connectivity index (χ4n) is 1.71. The van der Waals surface area contributed by atoms with Gasteiger partial charge in [0.25, 0.3) is 0 Å². The number of nitrogens with zero attached hydrogens (tertiary/aromatic N) is 2. The smallest absolute Gasteiger partial charge is 0.451 e. The molecule has 2 aromatic rings. The summed E-state index contributed by atoms with van der Waals surface area (Å²) in [5, 5.41) is 2.76. The van der Waals surface area contributed by atoms with E-state index in [0.717, 1.165) is 5.56 Å². The van der Waals surface area contributed by atoms with Gasteiger partial charge in [0, 0.05) is 6.07 Å². The fraction of sp³-hybridized carbons (Fsp3) is 0.231. The lowest BCUT2D eigenvalue weighted by molar-refractivity contribution is -0.144. The van der Waals surface area contributed by atoms with Crippen LogP contribution in [0.1, 0.15) is 11.4 Å². The molecular formula is C13H13F3N4O. The first-order chi connectivity index (χ1) is 9.79. The second kappa shape index (κ2) is 5.47. The van der Waals surface area contributed by atoms with Gasteiger partial charge < -0.3 is 15.8 Å². The Morgan fingerprint density at radius 3 is 2.52 bits per heavy atom. The van der Waals surface area contributed by atoms with E-state index >= 15 is 0 Å². The number of nitrogens with two attached hydrogens (primary N) is 1. The lowest BCUT2D eigenvalue weighted by atomic mass is 10.2. The number of aryl methyl sites for hydroxylation is 1. The summed E-state index contributed by atoms with van der Waals surface area (Å²) in [6, 6.07) is 6.47. The second-order valence-electron chi connectivity index (χ2n) is 4.33. The number of ether oxygens (including phenoxy) is 1. The molecule has 3 N–H and O–H groups in total. The summed E-state index contributed by atoms with van der Waals surface area (Å²) >= 11 is 0. The molecule has 0 fully saturated rings. The number of nitrogen functional groups attached to an aromatic ring is 1. The Balaban J connectivity index is 2.40. The Hall–Kier alpha value is -2.51. The molecule has 2 rings (SSSR count). The average molecular weight is 298 g/mol. The molecule has 0 saturated carbocycles. The third kappa shape index (κ3) is 3.53. The zero-order valence-corrected chi connectivity index (χ0v) is 11.3.